The maximum absolute atomic E-state index is 5.69. The lowest BCUT2D eigenvalue weighted by Crippen LogP contribution is -1.95. The zero-order valence-electron chi connectivity index (χ0n) is 10.2. The summed E-state index contributed by atoms with van der Waals surface area (Å²) in [7, 11) is 0. The van der Waals surface area contributed by atoms with Crippen molar-refractivity contribution in [2.75, 3.05) is 6.61 Å². The number of para-hydroxylation sites is 1. The van der Waals surface area contributed by atoms with Gasteiger partial charge in [0.15, 0.2) is 0 Å². The molecular weight excluding hydrogens is 254 g/mol. The van der Waals surface area contributed by atoms with Crippen LogP contribution in [0.25, 0.3) is 10.9 Å². The molecule has 0 amide bonds. The topological polar surface area (TPSA) is 22.1 Å². The summed E-state index contributed by atoms with van der Waals surface area (Å²) in [4.78, 5) is 5.39. The van der Waals surface area contributed by atoms with E-state index in [9.17, 15) is 0 Å². The summed E-state index contributed by atoms with van der Waals surface area (Å²) < 4.78 is 5.69. The Kier molecular flexibility index (Phi) is 3.44. The zero-order chi connectivity index (χ0) is 12.9. The molecule has 1 aromatic carbocycles. The van der Waals surface area contributed by atoms with Crippen LogP contribution in [0, 0.1) is 11.8 Å². The van der Waals surface area contributed by atoms with Crippen LogP contribution in [-0.4, -0.2) is 11.6 Å². The van der Waals surface area contributed by atoms with Gasteiger partial charge in [-0.05, 0) is 23.6 Å². The lowest BCUT2D eigenvalue weighted by Gasteiger charge is -2.04. The van der Waals surface area contributed by atoms with Crippen molar-refractivity contribution >= 4 is 22.2 Å². The third-order valence-electron chi connectivity index (χ3n) is 2.63. The normalized spacial score (nSPS) is 9.89. The first kappa shape index (κ1) is 11.8. The summed E-state index contributed by atoms with van der Waals surface area (Å²) in [5.41, 5.74) is 0.878. The molecule has 19 heavy (non-hydrogen) atoms. The van der Waals surface area contributed by atoms with Gasteiger partial charge in [-0.15, -0.1) is 11.3 Å². The van der Waals surface area contributed by atoms with E-state index >= 15 is 0 Å². The first-order chi connectivity index (χ1) is 9.43. The Balaban J connectivity index is 1.75. The average molecular weight is 265 g/mol. The molecular formula is C16H11NOS. The van der Waals surface area contributed by atoms with E-state index < -0.39 is 0 Å². The highest BCUT2D eigenvalue weighted by Crippen LogP contribution is 2.22. The van der Waals surface area contributed by atoms with Crippen molar-refractivity contribution in [2.24, 2.45) is 0 Å². The Morgan fingerprint density at radius 1 is 1.11 bits per heavy atom. The molecule has 3 heteroatoms. The van der Waals surface area contributed by atoms with Crippen LogP contribution < -0.4 is 4.74 Å². The molecule has 2 aromatic heterocycles. The van der Waals surface area contributed by atoms with Crippen LogP contribution >= 0.6 is 11.3 Å². The zero-order valence-corrected chi connectivity index (χ0v) is 11.0. The summed E-state index contributed by atoms with van der Waals surface area (Å²) in [5, 5.41) is 3.09. The molecule has 2 nitrogen and oxygen atoms in total. The number of aromatic nitrogens is 1. The molecule has 0 saturated heterocycles. The van der Waals surface area contributed by atoms with Gasteiger partial charge in [0.25, 0.3) is 0 Å². The Morgan fingerprint density at radius 3 is 2.95 bits per heavy atom. The molecule has 0 radical (unpaired) electrons. The largest absolute Gasteiger partial charge is 0.479 e. The second-order valence-electron chi connectivity index (χ2n) is 3.90. The number of hydrogen-bond acceptors (Lipinski definition) is 3. The van der Waals surface area contributed by atoms with E-state index in [1.807, 2.05) is 47.8 Å². The summed E-state index contributed by atoms with van der Waals surface area (Å²) in [6.07, 6.45) is 1.77. The number of ether oxygens (including phenoxy) is 1. The fourth-order valence-corrected chi connectivity index (χ4v) is 2.37. The highest BCUT2D eigenvalue weighted by Gasteiger charge is 2.00. The lowest BCUT2D eigenvalue weighted by atomic mass is 10.2. The van der Waals surface area contributed by atoms with Gasteiger partial charge in [-0.3, -0.25) is 4.98 Å². The smallest absolute Gasteiger partial charge is 0.149 e. The average Bonchev–Trinajstić information content (AvgIpc) is 2.97. The number of hydrogen-bond donors (Lipinski definition) is 0. The van der Waals surface area contributed by atoms with E-state index in [1.54, 1.807) is 17.5 Å². The van der Waals surface area contributed by atoms with Gasteiger partial charge in [0.2, 0.25) is 0 Å². The van der Waals surface area contributed by atoms with E-state index in [4.69, 9.17) is 4.74 Å². The van der Waals surface area contributed by atoms with Gasteiger partial charge in [-0.2, -0.15) is 0 Å². The van der Waals surface area contributed by atoms with Crippen LogP contribution in [0.5, 0.6) is 5.75 Å². The first-order valence-electron chi connectivity index (χ1n) is 5.92. The quantitative estimate of drug-likeness (QED) is 0.659. The second kappa shape index (κ2) is 5.55. The molecule has 0 fully saturated rings. The fourth-order valence-electron chi connectivity index (χ4n) is 1.78. The molecule has 0 spiro atoms. The SMILES string of the molecule is C(#Cc1cccs1)COc1cccc2cccnc12. The highest BCUT2D eigenvalue weighted by molar-refractivity contribution is 7.10. The van der Waals surface area contributed by atoms with Crippen LogP contribution in [0.4, 0.5) is 0 Å². The number of fused-ring (bicyclic) bond motifs is 1. The number of thiophene rings is 1. The van der Waals surface area contributed by atoms with Gasteiger partial charge < -0.3 is 4.74 Å². The Bertz CT molecular complexity index is 733. The molecule has 92 valence electrons. The lowest BCUT2D eigenvalue weighted by molar-refractivity contribution is 0.374. The van der Waals surface area contributed by atoms with Crippen molar-refractivity contribution in [3.8, 4) is 17.6 Å². The Hall–Kier alpha value is -2.31. The fraction of sp³-hybridized carbons (Fsp3) is 0.0625. The molecule has 0 N–H and O–H groups in total. The molecule has 0 aliphatic heterocycles. The summed E-state index contributed by atoms with van der Waals surface area (Å²) in [5.74, 6) is 6.85. The first-order valence-corrected chi connectivity index (χ1v) is 6.80. The maximum Gasteiger partial charge on any atom is 0.149 e. The molecule has 2 heterocycles. The number of pyridine rings is 1. The Morgan fingerprint density at radius 2 is 2.05 bits per heavy atom. The van der Waals surface area contributed by atoms with Crippen molar-refractivity contribution in [3.05, 3.63) is 58.9 Å². The van der Waals surface area contributed by atoms with Gasteiger partial charge >= 0.3 is 0 Å². The van der Waals surface area contributed by atoms with Crippen LogP contribution in [0.2, 0.25) is 0 Å². The summed E-state index contributed by atoms with van der Waals surface area (Å²) >= 11 is 1.63. The van der Waals surface area contributed by atoms with Gasteiger partial charge in [-0.25, -0.2) is 0 Å². The Labute approximate surface area is 115 Å². The van der Waals surface area contributed by atoms with Crippen molar-refractivity contribution in [1.29, 1.82) is 0 Å². The van der Waals surface area contributed by atoms with Gasteiger partial charge in [-0.1, -0.05) is 36.1 Å². The van der Waals surface area contributed by atoms with E-state index in [2.05, 4.69) is 16.8 Å². The predicted octanol–water partition coefficient (Wildman–Crippen LogP) is 3.73. The minimum atomic E-state index is 0.369. The third kappa shape index (κ3) is 2.75. The molecule has 3 aromatic rings. The molecule has 0 aliphatic rings. The van der Waals surface area contributed by atoms with Crippen molar-refractivity contribution in [3.63, 3.8) is 0 Å². The highest BCUT2D eigenvalue weighted by atomic mass is 32.1. The number of rotatable bonds is 2. The number of benzene rings is 1. The van der Waals surface area contributed by atoms with Gasteiger partial charge in [0.05, 0.1) is 4.88 Å². The molecule has 0 atom stereocenters. The van der Waals surface area contributed by atoms with Crippen LogP contribution in [0.1, 0.15) is 4.88 Å². The van der Waals surface area contributed by atoms with Crippen LogP contribution in [0.15, 0.2) is 54.0 Å². The van der Waals surface area contributed by atoms with Crippen LogP contribution in [0.3, 0.4) is 0 Å². The molecule has 3 rings (SSSR count). The van der Waals surface area contributed by atoms with Crippen molar-refractivity contribution < 1.29 is 4.74 Å². The standard InChI is InChI=1S/C16H11NOS/c1-5-13-6-2-10-17-16(13)15(9-1)18-11-3-7-14-8-4-12-19-14/h1-2,4-6,8-10,12H,11H2. The third-order valence-corrected chi connectivity index (χ3v) is 3.41. The van der Waals surface area contributed by atoms with Crippen molar-refractivity contribution in [1.82, 2.24) is 4.98 Å². The second-order valence-corrected chi connectivity index (χ2v) is 4.85. The number of nitrogens with zero attached hydrogens (tertiary/aromatic N) is 1. The minimum Gasteiger partial charge on any atom is -0.479 e. The van der Waals surface area contributed by atoms with Crippen LogP contribution in [-0.2, 0) is 0 Å². The predicted molar refractivity (Wildman–Crippen MR) is 78.4 cm³/mol. The molecule has 0 aliphatic carbocycles. The minimum absolute atomic E-state index is 0.369. The molecule has 0 saturated carbocycles. The summed E-state index contributed by atoms with van der Waals surface area (Å²) in [6.45, 7) is 0.369. The van der Waals surface area contributed by atoms with E-state index in [0.29, 0.717) is 6.61 Å². The monoisotopic (exact) mass is 265 g/mol. The molecule has 0 unspecified atom stereocenters. The van der Waals surface area contributed by atoms with Gasteiger partial charge in [0, 0.05) is 11.6 Å². The van der Waals surface area contributed by atoms with E-state index in [0.717, 1.165) is 21.5 Å². The van der Waals surface area contributed by atoms with Crippen molar-refractivity contribution in [2.45, 2.75) is 0 Å². The molecule has 0 bridgehead atoms. The van der Waals surface area contributed by atoms with Gasteiger partial charge in [0.1, 0.15) is 17.9 Å². The summed E-state index contributed by atoms with van der Waals surface area (Å²) in [6, 6.07) is 13.8. The van der Waals surface area contributed by atoms with E-state index in [1.165, 1.54) is 0 Å². The maximum atomic E-state index is 5.69. The van der Waals surface area contributed by atoms with E-state index in [-0.39, 0.29) is 0 Å².